The molecule has 18 heavy (non-hydrogen) atoms. The molecule has 0 aromatic heterocycles. The number of nitrogens with zero attached hydrogens (tertiary/aromatic N) is 1. The summed E-state index contributed by atoms with van der Waals surface area (Å²) in [5.41, 5.74) is 0.792. The number of nitrogens with one attached hydrogen (secondary N) is 1. The van der Waals surface area contributed by atoms with E-state index >= 15 is 0 Å². The Hall–Kier alpha value is -0.770. The zero-order valence-electron chi connectivity index (χ0n) is 10.2. The first-order valence-corrected chi connectivity index (χ1v) is 6.77. The van der Waals surface area contributed by atoms with E-state index in [0.29, 0.717) is 16.5 Å². The Bertz CT molecular complexity index is 451. The Balaban J connectivity index is 2.08. The van der Waals surface area contributed by atoms with Crippen molar-refractivity contribution >= 4 is 29.1 Å². The van der Waals surface area contributed by atoms with Gasteiger partial charge < -0.3 is 10.2 Å². The Kier molecular flexibility index (Phi) is 4.49. The summed E-state index contributed by atoms with van der Waals surface area (Å²) in [6.07, 6.45) is 0.309. The molecular weight excluding hydrogens is 271 g/mol. The van der Waals surface area contributed by atoms with E-state index in [4.69, 9.17) is 23.2 Å². The van der Waals surface area contributed by atoms with Crippen LogP contribution in [0.15, 0.2) is 18.2 Å². The summed E-state index contributed by atoms with van der Waals surface area (Å²) in [4.78, 5) is 14.1. The summed E-state index contributed by atoms with van der Waals surface area (Å²) in [5, 5.41) is 4.46. The lowest BCUT2D eigenvalue weighted by Crippen LogP contribution is -2.52. The van der Waals surface area contributed by atoms with Gasteiger partial charge in [-0.1, -0.05) is 23.2 Å². The number of halogens is 2. The third-order valence-electron chi connectivity index (χ3n) is 3.17. The zero-order valence-corrected chi connectivity index (χ0v) is 11.8. The molecule has 1 N–H and O–H groups in total. The van der Waals surface area contributed by atoms with Gasteiger partial charge in [0.05, 0.1) is 6.42 Å². The maximum atomic E-state index is 12.2. The third-order valence-corrected chi connectivity index (χ3v) is 3.77. The highest BCUT2D eigenvalue weighted by Crippen LogP contribution is 2.22. The minimum absolute atomic E-state index is 0.105. The van der Waals surface area contributed by atoms with Gasteiger partial charge in [-0.3, -0.25) is 4.79 Å². The van der Waals surface area contributed by atoms with Crippen molar-refractivity contribution in [3.63, 3.8) is 0 Å². The summed E-state index contributed by atoms with van der Waals surface area (Å²) in [7, 11) is 0. The molecule has 1 atom stereocenters. The Morgan fingerprint density at radius 1 is 1.50 bits per heavy atom. The van der Waals surface area contributed by atoms with Crippen molar-refractivity contribution in [2.45, 2.75) is 19.4 Å². The van der Waals surface area contributed by atoms with Gasteiger partial charge in [-0.05, 0) is 30.7 Å². The smallest absolute Gasteiger partial charge is 0.227 e. The number of piperazine rings is 1. The first kappa shape index (κ1) is 13.7. The first-order chi connectivity index (χ1) is 8.58. The second-order valence-electron chi connectivity index (χ2n) is 4.55. The fraction of sp³-hybridized carbons (Fsp3) is 0.462. The van der Waals surface area contributed by atoms with Crippen LogP contribution in [0.1, 0.15) is 12.5 Å². The molecule has 0 unspecified atom stereocenters. The van der Waals surface area contributed by atoms with Crippen LogP contribution in [0, 0.1) is 0 Å². The molecule has 0 radical (unpaired) electrons. The molecule has 1 aromatic rings. The van der Waals surface area contributed by atoms with Gasteiger partial charge >= 0.3 is 0 Å². The van der Waals surface area contributed by atoms with Crippen LogP contribution in [0.3, 0.4) is 0 Å². The molecule has 98 valence electrons. The van der Waals surface area contributed by atoms with E-state index in [9.17, 15) is 4.79 Å². The molecular formula is C13H16Cl2N2O. The van der Waals surface area contributed by atoms with E-state index in [0.717, 1.165) is 25.2 Å². The molecule has 1 aliphatic rings. The number of carbonyl (C=O) groups is 1. The number of hydrogen-bond donors (Lipinski definition) is 1. The largest absolute Gasteiger partial charge is 0.337 e. The van der Waals surface area contributed by atoms with Crippen LogP contribution in [0.2, 0.25) is 10.0 Å². The maximum absolute atomic E-state index is 12.2. The molecule has 1 aliphatic heterocycles. The normalized spacial score (nSPS) is 19.9. The van der Waals surface area contributed by atoms with Gasteiger partial charge in [0.15, 0.2) is 0 Å². The molecule has 0 spiro atoms. The second kappa shape index (κ2) is 5.91. The topological polar surface area (TPSA) is 32.3 Å². The van der Waals surface area contributed by atoms with Crippen LogP contribution < -0.4 is 5.32 Å². The van der Waals surface area contributed by atoms with Gasteiger partial charge in [0.2, 0.25) is 5.91 Å². The van der Waals surface area contributed by atoms with Crippen LogP contribution in [-0.4, -0.2) is 36.5 Å². The summed E-state index contributed by atoms with van der Waals surface area (Å²) in [5.74, 6) is 0.105. The maximum Gasteiger partial charge on any atom is 0.227 e. The minimum atomic E-state index is 0.105. The highest BCUT2D eigenvalue weighted by Gasteiger charge is 2.23. The number of amides is 1. The summed E-state index contributed by atoms with van der Waals surface area (Å²) < 4.78 is 0. The van der Waals surface area contributed by atoms with E-state index in [1.807, 2.05) is 11.8 Å². The average Bonchev–Trinajstić information content (AvgIpc) is 2.34. The molecule has 5 heteroatoms. The van der Waals surface area contributed by atoms with Gasteiger partial charge in [-0.25, -0.2) is 0 Å². The minimum Gasteiger partial charge on any atom is -0.337 e. The summed E-state index contributed by atoms with van der Waals surface area (Å²) >= 11 is 12.0. The first-order valence-electron chi connectivity index (χ1n) is 6.02. The predicted molar refractivity (Wildman–Crippen MR) is 74.2 cm³/mol. The predicted octanol–water partition coefficient (Wildman–Crippen LogP) is 2.36. The highest BCUT2D eigenvalue weighted by molar-refractivity contribution is 6.33. The summed E-state index contributed by atoms with van der Waals surface area (Å²) in [6, 6.07) is 5.44. The van der Waals surface area contributed by atoms with Crippen molar-refractivity contribution in [3.05, 3.63) is 33.8 Å². The van der Waals surface area contributed by atoms with E-state index in [1.165, 1.54) is 0 Å². The van der Waals surface area contributed by atoms with E-state index in [1.54, 1.807) is 18.2 Å². The van der Waals surface area contributed by atoms with Crippen molar-refractivity contribution in [1.29, 1.82) is 0 Å². The lowest BCUT2D eigenvalue weighted by Gasteiger charge is -2.34. The van der Waals surface area contributed by atoms with Gasteiger partial charge in [-0.15, -0.1) is 0 Å². The molecule has 0 saturated carbocycles. The molecule has 0 aliphatic carbocycles. The monoisotopic (exact) mass is 286 g/mol. The lowest BCUT2D eigenvalue weighted by molar-refractivity contribution is -0.133. The lowest BCUT2D eigenvalue weighted by atomic mass is 10.1. The fourth-order valence-corrected chi connectivity index (χ4v) is 2.53. The Morgan fingerprint density at radius 2 is 2.28 bits per heavy atom. The number of carbonyl (C=O) groups excluding carboxylic acids is 1. The molecule has 1 saturated heterocycles. The SMILES string of the molecule is C[C@@H]1CNCCN1C(=O)Cc1cc(Cl)ccc1Cl. The second-order valence-corrected chi connectivity index (χ2v) is 5.40. The molecule has 0 bridgehead atoms. The van der Waals surface area contributed by atoms with Crippen LogP contribution in [0.25, 0.3) is 0 Å². The van der Waals surface area contributed by atoms with E-state index in [-0.39, 0.29) is 11.9 Å². The standard InChI is InChI=1S/C13H16Cl2N2O/c1-9-8-16-4-5-17(9)13(18)7-10-6-11(14)2-3-12(10)15/h2-3,6,9,16H,4-5,7-8H2,1H3/t9-/m1/s1. The van der Waals surface area contributed by atoms with Crippen molar-refractivity contribution < 1.29 is 4.79 Å². The zero-order chi connectivity index (χ0) is 13.1. The number of benzene rings is 1. The molecule has 1 fully saturated rings. The van der Waals surface area contributed by atoms with Crippen LogP contribution in [0.4, 0.5) is 0 Å². The average molecular weight is 287 g/mol. The number of rotatable bonds is 2. The van der Waals surface area contributed by atoms with Crippen molar-refractivity contribution in [3.8, 4) is 0 Å². The molecule has 2 rings (SSSR count). The Labute approximate surface area is 117 Å². The third kappa shape index (κ3) is 3.16. The highest BCUT2D eigenvalue weighted by atomic mass is 35.5. The van der Waals surface area contributed by atoms with Crippen LogP contribution in [-0.2, 0) is 11.2 Å². The van der Waals surface area contributed by atoms with Crippen molar-refractivity contribution in [2.24, 2.45) is 0 Å². The van der Waals surface area contributed by atoms with Crippen molar-refractivity contribution in [1.82, 2.24) is 10.2 Å². The summed E-state index contributed by atoms with van der Waals surface area (Å²) in [6.45, 7) is 4.48. The fourth-order valence-electron chi connectivity index (χ4n) is 2.15. The van der Waals surface area contributed by atoms with Gasteiger partial charge in [0.25, 0.3) is 0 Å². The van der Waals surface area contributed by atoms with Gasteiger partial charge in [-0.2, -0.15) is 0 Å². The number of hydrogen-bond acceptors (Lipinski definition) is 2. The molecule has 1 aromatic carbocycles. The van der Waals surface area contributed by atoms with Crippen molar-refractivity contribution in [2.75, 3.05) is 19.6 Å². The van der Waals surface area contributed by atoms with E-state index < -0.39 is 0 Å². The molecule has 1 heterocycles. The molecule has 1 amide bonds. The quantitative estimate of drug-likeness (QED) is 0.905. The van der Waals surface area contributed by atoms with Crippen LogP contribution >= 0.6 is 23.2 Å². The van der Waals surface area contributed by atoms with E-state index in [2.05, 4.69) is 5.32 Å². The van der Waals surface area contributed by atoms with Gasteiger partial charge in [0.1, 0.15) is 0 Å². The van der Waals surface area contributed by atoms with Crippen LogP contribution in [0.5, 0.6) is 0 Å². The van der Waals surface area contributed by atoms with Gasteiger partial charge in [0, 0.05) is 35.7 Å². The Morgan fingerprint density at radius 3 is 3.00 bits per heavy atom. The molecule has 3 nitrogen and oxygen atoms in total.